The predicted molar refractivity (Wildman–Crippen MR) is 117 cm³/mol. The van der Waals surface area contributed by atoms with Crippen molar-refractivity contribution in [3.05, 3.63) is 94.5 Å². The van der Waals surface area contributed by atoms with Crippen LogP contribution in [-0.4, -0.2) is 23.0 Å². The van der Waals surface area contributed by atoms with Crippen molar-refractivity contribution in [3.63, 3.8) is 0 Å². The zero-order valence-electron chi connectivity index (χ0n) is 16.4. The number of rotatable bonds is 4. The van der Waals surface area contributed by atoms with Crippen LogP contribution in [0.1, 0.15) is 5.56 Å². The van der Waals surface area contributed by atoms with Gasteiger partial charge in [-0.05, 0) is 48.0 Å². The molecule has 2 heterocycles. The van der Waals surface area contributed by atoms with E-state index >= 15 is 0 Å². The summed E-state index contributed by atoms with van der Waals surface area (Å²) in [5, 5.41) is 5.48. The van der Waals surface area contributed by atoms with E-state index in [1.165, 1.54) is 18.3 Å². The van der Waals surface area contributed by atoms with Gasteiger partial charge in [-0.3, -0.25) is 4.79 Å². The SMILES string of the molecule is COc1cccc2oc(-c3nc4ccccc4c(=O)n3N=Cc3cccc(F)c3)cc12. The summed E-state index contributed by atoms with van der Waals surface area (Å²) in [5.41, 5.74) is 1.27. The minimum Gasteiger partial charge on any atom is -0.496 e. The van der Waals surface area contributed by atoms with Gasteiger partial charge in [0.05, 0.1) is 29.6 Å². The topological polar surface area (TPSA) is 69.6 Å². The lowest BCUT2D eigenvalue weighted by molar-refractivity contribution is 0.419. The molecule has 0 radical (unpaired) electrons. The Morgan fingerprint density at radius 1 is 1.03 bits per heavy atom. The highest BCUT2D eigenvalue weighted by atomic mass is 19.1. The van der Waals surface area contributed by atoms with Crippen LogP contribution >= 0.6 is 0 Å². The van der Waals surface area contributed by atoms with Gasteiger partial charge >= 0.3 is 0 Å². The van der Waals surface area contributed by atoms with E-state index in [1.807, 2.05) is 12.1 Å². The van der Waals surface area contributed by atoms with Crippen molar-refractivity contribution in [1.29, 1.82) is 0 Å². The maximum Gasteiger partial charge on any atom is 0.282 e. The van der Waals surface area contributed by atoms with E-state index < -0.39 is 5.82 Å². The van der Waals surface area contributed by atoms with E-state index in [-0.39, 0.29) is 11.4 Å². The smallest absolute Gasteiger partial charge is 0.282 e. The molecule has 0 aliphatic heterocycles. The number of ether oxygens (including phenoxy) is 1. The number of halogens is 1. The lowest BCUT2D eigenvalue weighted by atomic mass is 10.2. The first-order valence-corrected chi connectivity index (χ1v) is 9.53. The predicted octanol–water partition coefficient (Wildman–Crippen LogP) is 4.84. The lowest BCUT2D eigenvalue weighted by Crippen LogP contribution is -2.20. The molecule has 0 fully saturated rings. The minimum atomic E-state index is -0.391. The Kier molecular flexibility index (Phi) is 4.55. The molecule has 152 valence electrons. The summed E-state index contributed by atoms with van der Waals surface area (Å²) >= 11 is 0. The molecule has 0 aliphatic rings. The Morgan fingerprint density at radius 2 is 1.87 bits per heavy atom. The van der Waals surface area contributed by atoms with Crippen molar-refractivity contribution in [3.8, 4) is 17.3 Å². The average Bonchev–Trinajstić information content (AvgIpc) is 3.23. The van der Waals surface area contributed by atoms with Crippen LogP contribution in [0.2, 0.25) is 0 Å². The fraction of sp³-hybridized carbons (Fsp3) is 0.0417. The number of nitrogens with zero attached hydrogens (tertiary/aromatic N) is 3. The number of para-hydroxylation sites is 1. The fourth-order valence-electron chi connectivity index (χ4n) is 3.42. The summed E-state index contributed by atoms with van der Waals surface area (Å²) in [6, 6.07) is 20.2. The van der Waals surface area contributed by atoms with Crippen molar-refractivity contribution < 1.29 is 13.5 Å². The quantitative estimate of drug-likeness (QED) is 0.396. The summed E-state index contributed by atoms with van der Waals surface area (Å²) < 4.78 is 26.1. The lowest BCUT2D eigenvalue weighted by Gasteiger charge is -2.07. The van der Waals surface area contributed by atoms with E-state index in [9.17, 15) is 9.18 Å². The molecule has 31 heavy (non-hydrogen) atoms. The van der Waals surface area contributed by atoms with E-state index in [1.54, 1.807) is 55.6 Å². The monoisotopic (exact) mass is 413 g/mol. The summed E-state index contributed by atoms with van der Waals surface area (Å²) in [7, 11) is 1.58. The molecule has 0 unspecified atom stereocenters. The third-order valence-corrected chi connectivity index (χ3v) is 4.89. The average molecular weight is 413 g/mol. The third kappa shape index (κ3) is 3.36. The molecule has 5 aromatic rings. The van der Waals surface area contributed by atoms with Gasteiger partial charge in [0.15, 0.2) is 5.76 Å². The van der Waals surface area contributed by atoms with Gasteiger partial charge in [-0.15, -0.1) is 0 Å². The molecule has 3 aromatic carbocycles. The molecule has 0 aliphatic carbocycles. The number of aromatic nitrogens is 2. The molecule has 0 amide bonds. The highest BCUT2D eigenvalue weighted by molar-refractivity contribution is 5.88. The third-order valence-electron chi connectivity index (χ3n) is 4.89. The highest BCUT2D eigenvalue weighted by Crippen LogP contribution is 2.32. The normalized spacial score (nSPS) is 11.5. The molecule has 0 saturated carbocycles. The van der Waals surface area contributed by atoms with Crippen molar-refractivity contribution in [2.45, 2.75) is 0 Å². The standard InChI is InChI=1S/C24H16FN3O3/c1-30-20-10-5-11-21-18(20)13-22(31-21)23-27-19-9-3-2-8-17(19)24(29)28(23)26-14-15-6-4-7-16(25)12-15/h2-14H,1H3. The number of benzene rings is 3. The molecular formula is C24H16FN3O3. The molecular weight excluding hydrogens is 397 g/mol. The number of methoxy groups -OCH3 is 1. The molecule has 0 saturated heterocycles. The van der Waals surface area contributed by atoms with E-state index in [2.05, 4.69) is 10.1 Å². The Morgan fingerprint density at radius 3 is 2.71 bits per heavy atom. The zero-order valence-corrected chi connectivity index (χ0v) is 16.4. The maximum absolute atomic E-state index is 13.5. The van der Waals surface area contributed by atoms with Crippen molar-refractivity contribution in [2.24, 2.45) is 5.10 Å². The Labute approximate surface area is 175 Å². The first-order valence-electron chi connectivity index (χ1n) is 9.53. The summed E-state index contributed by atoms with van der Waals surface area (Å²) in [6.45, 7) is 0. The van der Waals surface area contributed by atoms with Gasteiger partial charge in [0.1, 0.15) is 17.1 Å². The van der Waals surface area contributed by atoms with Crippen LogP contribution in [-0.2, 0) is 0 Å². The highest BCUT2D eigenvalue weighted by Gasteiger charge is 2.17. The molecule has 0 spiro atoms. The largest absolute Gasteiger partial charge is 0.496 e. The van der Waals surface area contributed by atoms with Crippen molar-refractivity contribution in [1.82, 2.24) is 9.66 Å². The van der Waals surface area contributed by atoms with Crippen molar-refractivity contribution in [2.75, 3.05) is 7.11 Å². The summed E-state index contributed by atoms with van der Waals surface area (Å²) in [6.07, 6.45) is 1.41. The van der Waals surface area contributed by atoms with Gasteiger partial charge in [0, 0.05) is 0 Å². The van der Waals surface area contributed by atoms with Gasteiger partial charge in [0.2, 0.25) is 5.82 Å². The number of furan rings is 1. The van der Waals surface area contributed by atoms with Crippen LogP contribution in [0.25, 0.3) is 33.5 Å². The molecule has 0 N–H and O–H groups in total. The second-order valence-electron chi connectivity index (χ2n) is 6.85. The van der Waals surface area contributed by atoms with Crippen LogP contribution in [0, 0.1) is 5.82 Å². The van der Waals surface area contributed by atoms with Crippen LogP contribution in [0.3, 0.4) is 0 Å². The van der Waals surface area contributed by atoms with E-state index in [4.69, 9.17) is 9.15 Å². The second-order valence-corrected chi connectivity index (χ2v) is 6.85. The van der Waals surface area contributed by atoms with Gasteiger partial charge in [-0.2, -0.15) is 9.78 Å². The molecule has 5 rings (SSSR count). The molecule has 6 nitrogen and oxygen atoms in total. The molecule has 0 bridgehead atoms. The van der Waals surface area contributed by atoms with Crippen molar-refractivity contribution >= 4 is 28.1 Å². The van der Waals surface area contributed by atoms with Gasteiger partial charge in [-0.25, -0.2) is 9.37 Å². The summed E-state index contributed by atoms with van der Waals surface area (Å²) in [4.78, 5) is 17.8. The first kappa shape index (κ1) is 18.7. The molecule has 7 heteroatoms. The van der Waals surface area contributed by atoms with Crippen LogP contribution < -0.4 is 10.3 Å². The Bertz CT molecular complexity index is 1520. The van der Waals surface area contributed by atoms with E-state index in [0.717, 1.165) is 10.1 Å². The van der Waals surface area contributed by atoms with Gasteiger partial charge in [0.25, 0.3) is 5.56 Å². The van der Waals surface area contributed by atoms with Gasteiger partial charge < -0.3 is 9.15 Å². The first-order chi connectivity index (χ1) is 15.1. The molecule has 2 aromatic heterocycles. The second kappa shape index (κ2) is 7.53. The maximum atomic E-state index is 13.5. The van der Waals surface area contributed by atoms with Crippen LogP contribution in [0.5, 0.6) is 5.75 Å². The minimum absolute atomic E-state index is 0.231. The van der Waals surface area contributed by atoms with Gasteiger partial charge in [-0.1, -0.05) is 30.3 Å². The number of hydrogen-bond acceptors (Lipinski definition) is 5. The fourth-order valence-corrected chi connectivity index (χ4v) is 3.42. The van der Waals surface area contributed by atoms with E-state index in [0.29, 0.717) is 33.6 Å². The summed E-state index contributed by atoms with van der Waals surface area (Å²) in [5.74, 6) is 0.844. The number of fused-ring (bicyclic) bond motifs is 2. The molecule has 0 atom stereocenters. The Hall–Kier alpha value is -4.26. The number of hydrogen-bond donors (Lipinski definition) is 0. The Balaban J connectivity index is 1.75. The van der Waals surface area contributed by atoms with Crippen LogP contribution in [0.4, 0.5) is 4.39 Å². The zero-order chi connectivity index (χ0) is 21.4. The van der Waals surface area contributed by atoms with Crippen LogP contribution in [0.15, 0.2) is 87.1 Å².